The van der Waals surface area contributed by atoms with Gasteiger partial charge in [-0.15, -0.1) is 11.8 Å². The summed E-state index contributed by atoms with van der Waals surface area (Å²) in [5.41, 5.74) is 2.43. The monoisotopic (exact) mass is 205 g/mol. The van der Waals surface area contributed by atoms with Crippen LogP contribution in [0.3, 0.4) is 0 Å². The van der Waals surface area contributed by atoms with Crippen molar-refractivity contribution in [3.63, 3.8) is 0 Å². The number of aliphatic imine (C=N–C) groups is 1. The molecule has 0 saturated heterocycles. The molecule has 1 aromatic rings. The number of fused-ring (bicyclic) bond motifs is 1. The topological polar surface area (TPSA) is 29.4 Å². The first-order valence-electron chi connectivity index (χ1n) is 4.61. The van der Waals surface area contributed by atoms with Crippen molar-refractivity contribution in [1.29, 1.82) is 0 Å². The molecule has 0 saturated carbocycles. The van der Waals surface area contributed by atoms with E-state index in [-0.39, 0.29) is 6.04 Å². The van der Waals surface area contributed by atoms with Crippen LogP contribution in [0.5, 0.6) is 0 Å². The van der Waals surface area contributed by atoms with Gasteiger partial charge >= 0.3 is 0 Å². The number of carbonyl (C=O) groups excluding carboxylic acids is 1. The zero-order valence-corrected chi connectivity index (χ0v) is 8.80. The van der Waals surface area contributed by atoms with Gasteiger partial charge in [0.25, 0.3) is 0 Å². The zero-order valence-electron chi connectivity index (χ0n) is 7.99. The van der Waals surface area contributed by atoms with Crippen LogP contribution in [0.15, 0.2) is 28.1 Å². The molecule has 1 aliphatic rings. The molecule has 72 valence electrons. The van der Waals surface area contributed by atoms with Gasteiger partial charge in [-0.2, -0.15) is 4.99 Å². The maximum Gasteiger partial charge on any atom is 0.235 e. The minimum absolute atomic E-state index is 0.0318. The second kappa shape index (κ2) is 3.99. The fourth-order valence-corrected chi connectivity index (χ4v) is 2.88. The van der Waals surface area contributed by atoms with E-state index in [4.69, 9.17) is 0 Å². The largest absolute Gasteiger partial charge is 0.235 e. The number of hydrogen-bond acceptors (Lipinski definition) is 3. The molecule has 0 aliphatic carbocycles. The fourth-order valence-electron chi connectivity index (χ4n) is 1.68. The van der Waals surface area contributed by atoms with Gasteiger partial charge in [0.1, 0.15) is 0 Å². The van der Waals surface area contributed by atoms with Gasteiger partial charge in [0.2, 0.25) is 6.08 Å². The molecular weight excluding hydrogens is 194 g/mol. The highest BCUT2D eigenvalue weighted by Gasteiger charge is 2.19. The van der Waals surface area contributed by atoms with E-state index in [1.807, 2.05) is 11.8 Å². The third-order valence-corrected chi connectivity index (χ3v) is 3.49. The van der Waals surface area contributed by atoms with E-state index < -0.39 is 0 Å². The van der Waals surface area contributed by atoms with Crippen molar-refractivity contribution >= 4 is 17.8 Å². The van der Waals surface area contributed by atoms with Crippen molar-refractivity contribution in [2.75, 3.05) is 5.75 Å². The number of thioether (sulfide) groups is 1. The molecule has 0 spiro atoms. The average molecular weight is 205 g/mol. The average Bonchev–Trinajstić information content (AvgIpc) is 2.18. The van der Waals surface area contributed by atoms with E-state index in [1.54, 1.807) is 6.08 Å². The minimum Gasteiger partial charge on any atom is -0.211 e. The number of benzene rings is 1. The van der Waals surface area contributed by atoms with Crippen LogP contribution in [0.4, 0.5) is 0 Å². The highest BCUT2D eigenvalue weighted by molar-refractivity contribution is 7.99. The lowest BCUT2D eigenvalue weighted by atomic mass is 10.0. The third kappa shape index (κ3) is 1.74. The summed E-state index contributed by atoms with van der Waals surface area (Å²) in [6.45, 7) is 2.08. The highest BCUT2D eigenvalue weighted by Crippen LogP contribution is 2.38. The van der Waals surface area contributed by atoms with Gasteiger partial charge in [-0.25, -0.2) is 4.79 Å². The Kier molecular flexibility index (Phi) is 2.71. The summed E-state index contributed by atoms with van der Waals surface area (Å²) in [6, 6.07) is 6.33. The van der Waals surface area contributed by atoms with E-state index in [2.05, 4.69) is 30.1 Å². The quantitative estimate of drug-likeness (QED) is 0.521. The third-order valence-electron chi connectivity index (χ3n) is 2.39. The molecule has 1 unspecified atom stereocenters. The standard InChI is InChI=1S/C11H11NOS/c1-8-2-3-9-10(12-7-13)4-5-14-11(9)6-8/h2-3,6,10H,4-5H2,1H3. The van der Waals surface area contributed by atoms with Gasteiger partial charge in [-0.05, 0) is 30.5 Å². The van der Waals surface area contributed by atoms with Gasteiger partial charge in [0, 0.05) is 10.6 Å². The molecule has 1 atom stereocenters. The van der Waals surface area contributed by atoms with Crippen LogP contribution in [0.2, 0.25) is 0 Å². The molecule has 14 heavy (non-hydrogen) atoms. The molecule has 2 nitrogen and oxygen atoms in total. The maximum atomic E-state index is 10.3. The zero-order chi connectivity index (χ0) is 9.97. The molecule has 0 aromatic heterocycles. The summed E-state index contributed by atoms with van der Waals surface area (Å²) in [6.07, 6.45) is 2.60. The Morgan fingerprint density at radius 1 is 1.57 bits per heavy atom. The molecule has 0 amide bonds. The summed E-state index contributed by atoms with van der Waals surface area (Å²) >= 11 is 1.84. The van der Waals surface area contributed by atoms with E-state index in [9.17, 15) is 4.79 Å². The van der Waals surface area contributed by atoms with E-state index in [0.717, 1.165) is 12.2 Å². The first-order valence-corrected chi connectivity index (χ1v) is 5.60. The van der Waals surface area contributed by atoms with Crippen LogP contribution in [-0.4, -0.2) is 11.8 Å². The molecule has 0 fully saturated rings. The molecule has 1 aliphatic heterocycles. The van der Waals surface area contributed by atoms with Crippen molar-refractivity contribution in [2.45, 2.75) is 24.3 Å². The van der Waals surface area contributed by atoms with Crippen LogP contribution in [-0.2, 0) is 4.79 Å². The second-order valence-electron chi connectivity index (χ2n) is 3.41. The first-order chi connectivity index (χ1) is 6.81. The van der Waals surface area contributed by atoms with Gasteiger partial charge in [-0.1, -0.05) is 12.1 Å². The lowest BCUT2D eigenvalue weighted by Gasteiger charge is -2.20. The number of aryl methyl sites for hydroxylation is 1. The summed E-state index contributed by atoms with van der Waals surface area (Å²) in [7, 11) is 0. The van der Waals surface area contributed by atoms with Crippen molar-refractivity contribution in [1.82, 2.24) is 0 Å². The molecule has 0 N–H and O–H groups in total. The van der Waals surface area contributed by atoms with Crippen LogP contribution in [0, 0.1) is 6.92 Å². The van der Waals surface area contributed by atoms with Crippen LogP contribution in [0.1, 0.15) is 23.6 Å². The minimum atomic E-state index is 0.0318. The van der Waals surface area contributed by atoms with Crippen LogP contribution in [0.25, 0.3) is 0 Å². The van der Waals surface area contributed by atoms with E-state index in [0.29, 0.717) is 0 Å². The van der Waals surface area contributed by atoms with Gasteiger partial charge < -0.3 is 0 Å². The summed E-state index contributed by atoms with van der Waals surface area (Å²) in [5.74, 6) is 1.03. The molecular formula is C11H11NOS. The highest BCUT2D eigenvalue weighted by atomic mass is 32.2. The Balaban J connectivity index is 2.44. The molecule has 2 rings (SSSR count). The van der Waals surface area contributed by atoms with Crippen molar-refractivity contribution in [3.05, 3.63) is 29.3 Å². The molecule has 1 aromatic carbocycles. The Bertz CT molecular complexity index is 396. The van der Waals surface area contributed by atoms with Crippen LogP contribution < -0.4 is 0 Å². The number of hydrogen-bond donors (Lipinski definition) is 0. The lowest BCUT2D eigenvalue weighted by molar-refractivity contribution is 0.555. The van der Waals surface area contributed by atoms with Crippen molar-refractivity contribution < 1.29 is 4.79 Å². The van der Waals surface area contributed by atoms with Crippen LogP contribution >= 0.6 is 11.8 Å². The first kappa shape index (κ1) is 9.50. The smallest absolute Gasteiger partial charge is 0.211 e. The molecule has 3 heteroatoms. The van der Waals surface area contributed by atoms with Gasteiger partial charge in [0.05, 0.1) is 6.04 Å². The van der Waals surface area contributed by atoms with Crippen molar-refractivity contribution in [3.8, 4) is 0 Å². The number of rotatable bonds is 1. The summed E-state index contributed by atoms with van der Waals surface area (Å²) < 4.78 is 0. The predicted molar refractivity (Wildman–Crippen MR) is 57.4 cm³/mol. The molecule has 0 radical (unpaired) electrons. The SMILES string of the molecule is Cc1ccc2c(c1)SCCC2N=C=O. The predicted octanol–water partition coefficient (Wildman–Crippen LogP) is 2.87. The second-order valence-corrected chi connectivity index (χ2v) is 4.55. The number of isocyanates is 1. The van der Waals surface area contributed by atoms with E-state index in [1.165, 1.54) is 16.0 Å². The summed E-state index contributed by atoms with van der Waals surface area (Å²) in [5, 5.41) is 0. The maximum absolute atomic E-state index is 10.3. The van der Waals surface area contributed by atoms with Crippen molar-refractivity contribution in [2.24, 2.45) is 4.99 Å². The Labute approximate surface area is 87.4 Å². The molecule has 0 bridgehead atoms. The Morgan fingerprint density at radius 3 is 3.21 bits per heavy atom. The van der Waals surface area contributed by atoms with E-state index >= 15 is 0 Å². The fraction of sp³-hybridized carbons (Fsp3) is 0.364. The van der Waals surface area contributed by atoms with Gasteiger partial charge in [-0.3, -0.25) is 0 Å². The molecule has 1 heterocycles. The Hall–Kier alpha value is -1.05. The number of nitrogens with zero attached hydrogens (tertiary/aromatic N) is 1. The Morgan fingerprint density at radius 2 is 2.43 bits per heavy atom. The summed E-state index contributed by atoms with van der Waals surface area (Å²) in [4.78, 5) is 15.4. The lowest BCUT2D eigenvalue weighted by Crippen LogP contribution is -2.05. The normalized spacial score (nSPS) is 19.6. The van der Waals surface area contributed by atoms with Gasteiger partial charge in [0.15, 0.2) is 0 Å².